The monoisotopic (exact) mass is 235 g/mol. The number of anilines is 1. The minimum absolute atomic E-state index is 0.290. The van der Waals surface area contributed by atoms with E-state index in [4.69, 9.17) is 4.74 Å². The molecule has 0 aliphatic heterocycles. The Kier molecular flexibility index (Phi) is 4.02. The summed E-state index contributed by atoms with van der Waals surface area (Å²) >= 11 is 0. The molecule has 0 amide bonds. The van der Waals surface area contributed by atoms with E-state index in [2.05, 4.69) is 17.5 Å². The van der Waals surface area contributed by atoms with Crippen LogP contribution in [0, 0.1) is 11.7 Å². The van der Waals surface area contributed by atoms with Gasteiger partial charge in [-0.15, -0.1) is 0 Å². The Bertz CT molecular complexity index is 403. The highest BCUT2D eigenvalue weighted by molar-refractivity contribution is 5.48. The van der Waals surface area contributed by atoms with Gasteiger partial charge in [0, 0.05) is 18.3 Å². The van der Waals surface area contributed by atoms with Crippen LogP contribution < -0.4 is 10.1 Å². The normalized spacial score (nSPS) is 19.1. The van der Waals surface area contributed by atoms with E-state index in [1.807, 2.05) is 0 Å². The molecule has 17 heavy (non-hydrogen) atoms. The minimum atomic E-state index is -0.321. The third-order valence-electron chi connectivity index (χ3n) is 3.12. The van der Waals surface area contributed by atoms with Crippen molar-refractivity contribution in [2.24, 2.45) is 5.92 Å². The van der Waals surface area contributed by atoms with E-state index in [0.717, 1.165) is 18.7 Å². The van der Waals surface area contributed by atoms with Crippen LogP contribution in [0.25, 0.3) is 0 Å². The zero-order valence-electron chi connectivity index (χ0n) is 10.1. The van der Waals surface area contributed by atoms with Crippen molar-refractivity contribution in [2.75, 3.05) is 19.0 Å². The Morgan fingerprint density at radius 1 is 1.41 bits per heavy atom. The number of hydrogen-bond acceptors (Lipinski definition) is 2. The Labute approximate surface area is 101 Å². The molecule has 3 heteroatoms. The zero-order valence-corrected chi connectivity index (χ0v) is 10.1. The van der Waals surface area contributed by atoms with E-state index in [9.17, 15) is 4.39 Å². The molecular formula is C14H18FNO. The minimum Gasteiger partial charge on any atom is -0.494 e. The highest BCUT2D eigenvalue weighted by atomic mass is 19.1. The number of hydrogen-bond donors (Lipinski definition) is 1. The summed E-state index contributed by atoms with van der Waals surface area (Å²) in [6.07, 6.45) is 7.99. The highest BCUT2D eigenvalue weighted by Gasteiger charge is 2.10. The standard InChI is InChI=1S/C14H18FNO/c1-17-14-9-12(7-8-13(14)15)16-10-11-5-3-2-4-6-11/h2-3,7-9,11,16H,4-6,10H2,1H3. The van der Waals surface area contributed by atoms with Crippen molar-refractivity contribution in [1.82, 2.24) is 0 Å². The van der Waals surface area contributed by atoms with E-state index < -0.39 is 0 Å². The molecule has 0 radical (unpaired) electrons. The van der Waals surface area contributed by atoms with E-state index in [-0.39, 0.29) is 5.82 Å². The lowest BCUT2D eigenvalue weighted by atomic mass is 9.94. The predicted molar refractivity (Wildman–Crippen MR) is 67.9 cm³/mol. The zero-order chi connectivity index (χ0) is 12.1. The van der Waals surface area contributed by atoms with Gasteiger partial charge in [0.15, 0.2) is 11.6 Å². The quantitative estimate of drug-likeness (QED) is 0.805. The topological polar surface area (TPSA) is 21.3 Å². The van der Waals surface area contributed by atoms with Crippen LogP contribution in [0.2, 0.25) is 0 Å². The third kappa shape index (κ3) is 3.22. The number of nitrogens with one attached hydrogen (secondary N) is 1. The number of benzene rings is 1. The second-order valence-corrected chi connectivity index (χ2v) is 4.38. The van der Waals surface area contributed by atoms with Crippen LogP contribution in [0.1, 0.15) is 19.3 Å². The Morgan fingerprint density at radius 2 is 2.29 bits per heavy atom. The molecule has 1 aromatic carbocycles. The summed E-state index contributed by atoms with van der Waals surface area (Å²) in [5.74, 6) is 0.647. The molecule has 0 saturated heterocycles. The van der Waals surface area contributed by atoms with Crippen molar-refractivity contribution < 1.29 is 9.13 Å². The summed E-state index contributed by atoms with van der Waals surface area (Å²) in [5.41, 5.74) is 0.915. The van der Waals surface area contributed by atoms with Crippen LogP contribution in [-0.4, -0.2) is 13.7 Å². The van der Waals surface area contributed by atoms with Gasteiger partial charge in [-0.3, -0.25) is 0 Å². The molecule has 1 N–H and O–H groups in total. The first-order valence-electron chi connectivity index (χ1n) is 6.02. The molecule has 0 heterocycles. The maximum absolute atomic E-state index is 13.2. The van der Waals surface area contributed by atoms with Gasteiger partial charge in [-0.2, -0.15) is 0 Å². The van der Waals surface area contributed by atoms with E-state index in [1.165, 1.54) is 26.0 Å². The van der Waals surface area contributed by atoms with Crippen molar-refractivity contribution in [2.45, 2.75) is 19.3 Å². The molecule has 0 saturated carbocycles. The molecular weight excluding hydrogens is 217 g/mol. The molecule has 2 rings (SSSR count). The largest absolute Gasteiger partial charge is 0.494 e. The van der Waals surface area contributed by atoms with Gasteiger partial charge < -0.3 is 10.1 Å². The molecule has 92 valence electrons. The van der Waals surface area contributed by atoms with Crippen LogP contribution in [0.15, 0.2) is 30.4 Å². The van der Waals surface area contributed by atoms with Gasteiger partial charge in [-0.25, -0.2) is 4.39 Å². The molecule has 1 unspecified atom stereocenters. The highest BCUT2D eigenvalue weighted by Crippen LogP contribution is 2.23. The van der Waals surface area contributed by atoms with Gasteiger partial charge in [0.05, 0.1) is 7.11 Å². The summed E-state index contributed by atoms with van der Waals surface area (Å²) in [6, 6.07) is 4.88. The smallest absolute Gasteiger partial charge is 0.165 e. The molecule has 0 fully saturated rings. The number of methoxy groups -OCH3 is 1. The van der Waals surface area contributed by atoms with Crippen LogP contribution in [0.4, 0.5) is 10.1 Å². The second kappa shape index (κ2) is 5.71. The Hall–Kier alpha value is -1.51. The lowest BCUT2D eigenvalue weighted by Crippen LogP contribution is -2.15. The Morgan fingerprint density at radius 3 is 3.00 bits per heavy atom. The van der Waals surface area contributed by atoms with Crippen molar-refractivity contribution in [3.8, 4) is 5.75 Å². The van der Waals surface area contributed by atoms with Crippen molar-refractivity contribution in [3.05, 3.63) is 36.2 Å². The average Bonchev–Trinajstić information content (AvgIpc) is 2.39. The van der Waals surface area contributed by atoms with Crippen LogP contribution in [0.5, 0.6) is 5.75 Å². The SMILES string of the molecule is COc1cc(NCC2CC=CCC2)ccc1F. The molecule has 1 atom stereocenters. The lowest BCUT2D eigenvalue weighted by Gasteiger charge is -2.19. The fourth-order valence-electron chi connectivity index (χ4n) is 2.07. The molecule has 0 bridgehead atoms. The summed E-state index contributed by atoms with van der Waals surface area (Å²) in [5, 5.41) is 3.34. The molecule has 2 nitrogen and oxygen atoms in total. The average molecular weight is 235 g/mol. The first-order chi connectivity index (χ1) is 8.29. The van der Waals surface area contributed by atoms with E-state index in [0.29, 0.717) is 11.7 Å². The fourth-order valence-corrected chi connectivity index (χ4v) is 2.07. The van der Waals surface area contributed by atoms with Gasteiger partial charge in [-0.05, 0) is 37.3 Å². The number of ether oxygens (including phenoxy) is 1. The third-order valence-corrected chi connectivity index (χ3v) is 3.12. The maximum Gasteiger partial charge on any atom is 0.165 e. The molecule has 1 aromatic rings. The molecule has 1 aliphatic carbocycles. The summed E-state index contributed by atoms with van der Waals surface area (Å²) in [7, 11) is 1.48. The Balaban J connectivity index is 1.92. The second-order valence-electron chi connectivity index (χ2n) is 4.38. The summed E-state index contributed by atoms with van der Waals surface area (Å²) in [4.78, 5) is 0. The molecule has 0 spiro atoms. The van der Waals surface area contributed by atoms with Crippen LogP contribution in [0.3, 0.4) is 0 Å². The van der Waals surface area contributed by atoms with Gasteiger partial charge >= 0.3 is 0 Å². The van der Waals surface area contributed by atoms with Crippen molar-refractivity contribution >= 4 is 5.69 Å². The van der Waals surface area contributed by atoms with Crippen LogP contribution >= 0.6 is 0 Å². The van der Waals surface area contributed by atoms with E-state index >= 15 is 0 Å². The number of rotatable bonds is 4. The first kappa shape index (κ1) is 12.0. The van der Waals surface area contributed by atoms with Gasteiger partial charge in [-0.1, -0.05) is 12.2 Å². The van der Waals surface area contributed by atoms with Crippen molar-refractivity contribution in [3.63, 3.8) is 0 Å². The van der Waals surface area contributed by atoms with Gasteiger partial charge in [0.2, 0.25) is 0 Å². The lowest BCUT2D eigenvalue weighted by molar-refractivity contribution is 0.386. The summed E-state index contributed by atoms with van der Waals surface area (Å²) in [6.45, 7) is 0.930. The van der Waals surface area contributed by atoms with Gasteiger partial charge in [0.25, 0.3) is 0 Å². The first-order valence-corrected chi connectivity index (χ1v) is 6.02. The molecule has 0 aromatic heterocycles. The van der Waals surface area contributed by atoms with Gasteiger partial charge in [0.1, 0.15) is 0 Å². The predicted octanol–water partition coefficient (Wildman–Crippen LogP) is 3.60. The summed E-state index contributed by atoms with van der Waals surface area (Å²) < 4.78 is 18.2. The number of halogens is 1. The van der Waals surface area contributed by atoms with Crippen molar-refractivity contribution in [1.29, 1.82) is 0 Å². The number of allylic oxidation sites excluding steroid dienone is 2. The molecule has 1 aliphatic rings. The van der Waals surface area contributed by atoms with Crippen LogP contribution in [-0.2, 0) is 0 Å². The van der Waals surface area contributed by atoms with E-state index in [1.54, 1.807) is 12.1 Å². The fraction of sp³-hybridized carbons (Fsp3) is 0.429. The maximum atomic E-state index is 13.2.